The van der Waals surface area contributed by atoms with E-state index < -0.39 is 34.8 Å². The van der Waals surface area contributed by atoms with Crippen molar-refractivity contribution in [3.63, 3.8) is 0 Å². The topological polar surface area (TPSA) is 99.7 Å². The number of halogens is 2. The first kappa shape index (κ1) is 18.7. The summed E-state index contributed by atoms with van der Waals surface area (Å²) in [6.07, 6.45) is 1.88. The molecule has 1 fully saturated rings. The minimum Gasteiger partial charge on any atom is -0.331 e. The molecule has 1 aliphatic heterocycles. The fourth-order valence-electron chi connectivity index (χ4n) is 4.35. The van der Waals surface area contributed by atoms with Gasteiger partial charge in [-0.2, -0.15) is 15.8 Å². The fourth-order valence-corrected chi connectivity index (χ4v) is 4.35. The number of likely N-dealkylation sites (N-methyl/N-ethyl adjacent to an activating group) is 1. The largest absolute Gasteiger partial charge is 0.331 e. The maximum atomic E-state index is 14.7. The van der Waals surface area contributed by atoms with Gasteiger partial charge in [-0.3, -0.25) is 0 Å². The Morgan fingerprint density at radius 1 is 1.26 bits per heavy atom. The zero-order valence-electron chi connectivity index (χ0n) is 14.8. The van der Waals surface area contributed by atoms with Crippen molar-refractivity contribution in [2.45, 2.75) is 12.8 Å². The average Bonchev–Trinajstić information content (AvgIpc) is 2.67. The van der Waals surface area contributed by atoms with E-state index in [2.05, 4.69) is 0 Å². The van der Waals surface area contributed by atoms with Gasteiger partial charge in [0.25, 0.3) is 0 Å². The van der Waals surface area contributed by atoms with E-state index in [1.165, 1.54) is 11.0 Å². The molecule has 2 N–H and O–H groups in total. The highest BCUT2D eigenvalue weighted by Gasteiger charge is 2.59. The molecule has 27 heavy (non-hydrogen) atoms. The first-order chi connectivity index (χ1) is 12.9. The highest BCUT2D eigenvalue weighted by Crippen LogP contribution is 2.52. The van der Waals surface area contributed by atoms with Crippen molar-refractivity contribution < 1.29 is 13.7 Å². The molecule has 0 saturated heterocycles. The van der Waals surface area contributed by atoms with E-state index in [1.54, 1.807) is 0 Å². The van der Waals surface area contributed by atoms with Crippen LogP contribution in [0.4, 0.5) is 8.78 Å². The van der Waals surface area contributed by atoms with Gasteiger partial charge in [0.1, 0.15) is 17.6 Å². The Balaban J connectivity index is 2.29. The summed E-state index contributed by atoms with van der Waals surface area (Å²) < 4.78 is 28.1. The minimum atomic E-state index is -1.97. The fraction of sp³-hybridized carbons (Fsp3) is 0.400. The van der Waals surface area contributed by atoms with Gasteiger partial charge in [-0.15, -0.1) is 0 Å². The van der Waals surface area contributed by atoms with Crippen LogP contribution in [0.1, 0.15) is 18.4 Å². The van der Waals surface area contributed by atoms with Crippen LogP contribution in [0.5, 0.6) is 0 Å². The Kier molecular flexibility index (Phi) is 4.79. The lowest BCUT2D eigenvalue weighted by molar-refractivity contribution is -0.897. The maximum Gasteiger partial charge on any atom is 0.190 e. The molecular formula is C20H18F2N5+. The second kappa shape index (κ2) is 6.91. The number of nitrogens with one attached hydrogen (secondary N) is 2. The van der Waals surface area contributed by atoms with Gasteiger partial charge in [0, 0.05) is 17.9 Å². The number of nitriles is 3. The molecule has 7 heteroatoms. The summed E-state index contributed by atoms with van der Waals surface area (Å²) in [4.78, 5) is 1.17. The Bertz CT molecular complexity index is 933. The predicted molar refractivity (Wildman–Crippen MR) is 92.4 cm³/mol. The molecule has 1 aromatic rings. The molecule has 1 heterocycles. The summed E-state index contributed by atoms with van der Waals surface area (Å²) in [7, 11) is 0. The van der Waals surface area contributed by atoms with E-state index in [1.807, 2.05) is 31.2 Å². The van der Waals surface area contributed by atoms with Gasteiger partial charge in [-0.25, -0.2) is 8.78 Å². The van der Waals surface area contributed by atoms with E-state index >= 15 is 0 Å². The molecule has 1 aromatic carbocycles. The van der Waals surface area contributed by atoms with Gasteiger partial charge in [0.2, 0.25) is 0 Å². The van der Waals surface area contributed by atoms with E-state index in [9.17, 15) is 24.6 Å². The van der Waals surface area contributed by atoms with Crippen molar-refractivity contribution in [2.24, 2.45) is 17.3 Å². The Hall–Kier alpha value is -3.08. The number of nitrogens with zero attached hydrogens (tertiary/aromatic N) is 3. The van der Waals surface area contributed by atoms with Gasteiger partial charge in [0.15, 0.2) is 5.41 Å². The van der Waals surface area contributed by atoms with Crippen LogP contribution in [0.15, 0.2) is 29.8 Å². The SMILES string of the molecule is CC[NH+]1CC=C2C(C#N)C(=N)C(C#N)(C#N)[C@@H](c3ccc(F)cc3F)[C@@H]2C1. The third-order valence-corrected chi connectivity index (χ3v) is 5.76. The summed E-state index contributed by atoms with van der Waals surface area (Å²) in [5, 5.41) is 37.8. The Morgan fingerprint density at radius 3 is 2.52 bits per heavy atom. The second-order valence-electron chi connectivity index (χ2n) is 6.97. The Labute approximate surface area is 156 Å². The lowest BCUT2D eigenvalue weighted by atomic mass is 9.54. The minimum absolute atomic E-state index is 0.0360. The molecule has 4 atom stereocenters. The first-order valence-electron chi connectivity index (χ1n) is 8.73. The number of benzene rings is 1. The number of hydrogen-bond donors (Lipinski definition) is 2. The Morgan fingerprint density at radius 2 is 1.96 bits per heavy atom. The van der Waals surface area contributed by atoms with Crippen LogP contribution >= 0.6 is 0 Å². The zero-order chi connectivity index (χ0) is 19.8. The molecule has 3 rings (SSSR count). The van der Waals surface area contributed by atoms with E-state index in [-0.39, 0.29) is 11.3 Å². The van der Waals surface area contributed by atoms with Crippen LogP contribution in [0.2, 0.25) is 0 Å². The molecule has 0 aromatic heterocycles. The molecule has 2 aliphatic rings. The van der Waals surface area contributed by atoms with Crippen LogP contribution in [0, 0.1) is 68.3 Å². The van der Waals surface area contributed by atoms with Gasteiger partial charge in [-0.05, 0) is 30.2 Å². The van der Waals surface area contributed by atoms with Crippen molar-refractivity contribution >= 4 is 5.71 Å². The maximum absolute atomic E-state index is 14.7. The van der Waals surface area contributed by atoms with Gasteiger partial charge in [0.05, 0.1) is 43.6 Å². The standard InChI is InChI=1S/C20H17F2N5/c1-2-27-6-5-13-15(8-23)19(26)20(10-24,11-25)18(16(13)9-27)14-4-3-12(21)7-17(14)22/h3-5,7,15-16,18,26H,2,6,9H2,1H3/p+1/t15?,16-,18+/m1/s1. The van der Waals surface area contributed by atoms with Crippen LogP contribution in [0.3, 0.4) is 0 Å². The lowest BCUT2D eigenvalue weighted by Crippen LogP contribution is -3.13. The van der Waals surface area contributed by atoms with Crippen molar-refractivity contribution in [3.8, 4) is 18.2 Å². The quantitative estimate of drug-likeness (QED) is 0.780. The zero-order valence-corrected chi connectivity index (χ0v) is 14.8. The molecular weight excluding hydrogens is 348 g/mol. The predicted octanol–water partition coefficient (Wildman–Crippen LogP) is 1.72. The number of quaternary nitrogens is 1. The number of fused-ring (bicyclic) bond motifs is 1. The molecule has 0 spiro atoms. The van der Waals surface area contributed by atoms with Crippen molar-refractivity contribution in [3.05, 3.63) is 47.0 Å². The van der Waals surface area contributed by atoms with Crippen LogP contribution in [-0.2, 0) is 0 Å². The summed E-state index contributed by atoms with van der Waals surface area (Å²) in [5.41, 5.74) is -1.60. The molecule has 2 unspecified atom stereocenters. The van der Waals surface area contributed by atoms with E-state index in [4.69, 9.17) is 5.41 Å². The highest BCUT2D eigenvalue weighted by molar-refractivity contribution is 6.00. The van der Waals surface area contributed by atoms with Crippen molar-refractivity contribution in [2.75, 3.05) is 19.6 Å². The lowest BCUT2D eigenvalue weighted by Gasteiger charge is -2.46. The molecule has 136 valence electrons. The molecule has 0 amide bonds. The van der Waals surface area contributed by atoms with E-state index in [0.29, 0.717) is 18.7 Å². The van der Waals surface area contributed by atoms with E-state index in [0.717, 1.165) is 18.7 Å². The monoisotopic (exact) mass is 366 g/mol. The van der Waals surface area contributed by atoms with Gasteiger partial charge < -0.3 is 10.3 Å². The molecule has 0 radical (unpaired) electrons. The molecule has 1 aliphatic carbocycles. The normalized spacial score (nSPS) is 28.9. The summed E-state index contributed by atoms with van der Waals surface area (Å²) in [6.45, 7) is 3.97. The van der Waals surface area contributed by atoms with Gasteiger partial charge in [-0.1, -0.05) is 6.07 Å². The molecule has 5 nitrogen and oxygen atoms in total. The van der Waals surface area contributed by atoms with Crippen molar-refractivity contribution in [1.82, 2.24) is 0 Å². The number of hydrogen-bond acceptors (Lipinski definition) is 4. The van der Waals surface area contributed by atoms with Gasteiger partial charge >= 0.3 is 0 Å². The summed E-state index contributed by atoms with van der Waals surface area (Å²) in [6, 6.07) is 8.92. The van der Waals surface area contributed by atoms with Crippen LogP contribution in [-0.4, -0.2) is 25.3 Å². The number of rotatable bonds is 2. The van der Waals surface area contributed by atoms with Crippen molar-refractivity contribution in [1.29, 1.82) is 21.2 Å². The smallest absolute Gasteiger partial charge is 0.190 e. The average molecular weight is 366 g/mol. The molecule has 1 saturated carbocycles. The first-order valence-corrected chi connectivity index (χ1v) is 8.73. The third-order valence-electron chi connectivity index (χ3n) is 5.76. The third kappa shape index (κ3) is 2.70. The summed E-state index contributed by atoms with van der Waals surface area (Å²) >= 11 is 0. The summed E-state index contributed by atoms with van der Waals surface area (Å²) in [5.74, 6) is -4.00. The van der Waals surface area contributed by atoms with Crippen LogP contribution in [0.25, 0.3) is 0 Å². The highest BCUT2D eigenvalue weighted by atomic mass is 19.1. The molecule has 0 bridgehead atoms. The van der Waals surface area contributed by atoms with Crippen LogP contribution < -0.4 is 4.90 Å². The second-order valence-corrected chi connectivity index (χ2v) is 6.97.